The van der Waals surface area contributed by atoms with Gasteiger partial charge in [0.05, 0.1) is 17.7 Å². The summed E-state index contributed by atoms with van der Waals surface area (Å²) in [6.07, 6.45) is 0. The van der Waals surface area contributed by atoms with Crippen LogP contribution >= 0.6 is 0 Å². The fourth-order valence-electron chi connectivity index (χ4n) is 2.15. The summed E-state index contributed by atoms with van der Waals surface area (Å²) in [5, 5.41) is 29.6. The molecule has 0 amide bonds. The van der Waals surface area contributed by atoms with Crippen LogP contribution in [-0.4, -0.2) is 39.8 Å². The fourth-order valence-corrected chi connectivity index (χ4v) is 2.15. The van der Waals surface area contributed by atoms with E-state index in [1.165, 1.54) is 6.07 Å². The number of rotatable bonds is 7. The minimum Gasteiger partial charge on any atom is -0.480 e. The molecule has 0 heterocycles. The van der Waals surface area contributed by atoms with Crippen molar-refractivity contribution in [2.75, 3.05) is 6.54 Å². The number of aromatic carboxylic acids is 2. The number of hydrogen-bond donors (Lipinski definition) is 4. The smallest absolute Gasteiger partial charge is 0.336 e. The average molecular weight is 295 g/mol. The molecule has 7 heteroatoms. The molecule has 7 nitrogen and oxygen atoms in total. The molecule has 1 aromatic rings. The lowest BCUT2D eigenvalue weighted by Gasteiger charge is -2.17. The largest absolute Gasteiger partial charge is 0.480 e. The lowest BCUT2D eigenvalue weighted by molar-refractivity contribution is -0.136. The molecule has 0 unspecified atom stereocenters. The van der Waals surface area contributed by atoms with Crippen molar-refractivity contribution in [2.45, 2.75) is 26.3 Å². The van der Waals surface area contributed by atoms with Crippen molar-refractivity contribution in [2.24, 2.45) is 0 Å². The molecular weight excluding hydrogens is 278 g/mol. The Bertz CT molecular complexity index is 579. The van der Waals surface area contributed by atoms with Crippen molar-refractivity contribution in [3.8, 4) is 0 Å². The van der Waals surface area contributed by atoms with Crippen LogP contribution in [0.2, 0.25) is 0 Å². The van der Waals surface area contributed by atoms with E-state index in [0.717, 1.165) is 6.07 Å². The first-order valence-electron chi connectivity index (χ1n) is 6.30. The molecule has 0 aliphatic rings. The van der Waals surface area contributed by atoms with Gasteiger partial charge in [-0.15, -0.1) is 0 Å². The summed E-state index contributed by atoms with van der Waals surface area (Å²) < 4.78 is 0. The van der Waals surface area contributed by atoms with Crippen molar-refractivity contribution in [3.05, 3.63) is 34.4 Å². The van der Waals surface area contributed by atoms with Gasteiger partial charge in [0, 0.05) is 6.54 Å². The molecule has 1 aromatic carbocycles. The Morgan fingerprint density at radius 3 is 2.14 bits per heavy atom. The maximum absolute atomic E-state index is 11.3. The van der Waals surface area contributed by atoms with E-state index in [2.05, 4.69) is 5.32 Å². The SMILES string of the molecule is CC(C)c1c(CNCC(=O)O)cc(C(=O)O)cc1C(=O)O. The number of aliphatic carboxylic acids is 1. The van der Waals surface area contributed by atoms with Crippen LogP contribution in [0.25, 0.3) is 0 Å². The average Bonchev–Trinajstić information content (AvgIpc) is 2.36. The number of carboxylic acid groups (broad SMARTS) is 3. The highest BCUT2D eigenvalue weighted by atomic mass is 16.4. The number of nitrogens with one attached hydrogen (secondary N) is 1. The Labute approximate surface area is 121 Å². The van der Waals surface area contributed by atoms with E-state index >= 15 is 0 Å². The van der Waals surface area contributed by atoms with Crippen LogP contribution in [0.5, 0.6) is 0 Å². The molecule has 0 aliphatic heterocycles. The van der Waals surface area contributed by atoms with Crippen LogP contribution in [0, 0.1) is 0 Å². The zero-order valence-electron chi connectivity index (χ0n) is 11.7. The minimum absolute atomic E-state index is 0.0722. The van der Waals surface area contributed by atoms with Gasteiger partial charge in [-0.2, -0.15) is 0 Å². The van der Waals surface area contributed by atoms with Gasteiger partial charge in [-0.3, -0.25) is 4.79 Å². The molecule has 0 radical (unpaired) electrons. The Balaban J connectivity index is 3.32. The molecule has 0 bridgehead atoms. The Morgan fingerprint density at radius 1 is 1.10 bits per heavy atom. The third-order valence-corrected chi connectivity index (χ3v) is 2.91. The van der Waals surface area contributed by atoms with Crippen LogP contribution in [0.15, 0.2) is 12.1 Å². The summed E-state index contributed by atoms with van der Waals surface area (Å²) in [6.45, 7) is 3.38. The molecule has 0 atom stereocenters. The van der Waals surface area contributed by atoms with Crippen LogP contribution in [0.3, 0.4) is 0 Å². The summed E-state index contributed by atoms with van der Waals surface area (Å²) in [5.74, 6) is -3.62. The first-order chi connectivity index (χ1) is 9.73. The zero-order chi connectivity index (χ0) is 16.2. The van der Waals surface area contributed by atoms with Gasteiger partial charge in [-0.1, -0.05) is 13.8 Å². The summed E-state index contributed by atoms with van der Waals surface area (Å²) in [5.41, 5.74) is 0.773. The van der Waals surface area contributed by atoms with E-state index in [1.54, 1.807) is 13.8 Å². The molecule has 0 fully saturated rings. The van der Waals surface area contributed by atoms with Gasteiger partial charge >= 0.3 is 17.9 Å². The fraction of sp³-hybridized carbons (Fsp3) is 0.357. The lowest BCUT2D eigenvalue weighted by atomic mass is 9.90. The number of hydrogen-bond acceptors (Lipinski definition) is 4. The van der Waals surface area contributed by atoms with Gasteiger partial charge in [0.25, 0.3) is 0 Å². The van der Waals surface area contributed by atoms with Crippen molar-refractivity contribution >= 4 is 17.9 Å². The first kappa shape index (κ1) is 16.6. The molecule has 1 rings (SSSR count). The van der Waals surface area contributed by atoms with E-state index in [-0.39, 0.29) is 30.1 Å². The maximum atomic E-state index is 11.3. The van der Waals surface area contributed by atoms with Crippen molar-refractivity contribution in [1.29, 1.82) is 0 Å². The second-order valence-electron chi connectivity index (χ2n) is 4.86. The lowest BCUT2D eigenvalue weighted by Crippen LogP contribution is -2.23. The van der Waals surface area contributed by atoms with Crippen molar-refractivity contribution in [1.82, 2.24) is 5.32 Å². The third kappa shape index (κ3) is 4.28. The molecule has 0 aliphatic carbocycles. The molecule has 0 saturated carbocycles. The molecular formula is C14H17NO6. The minimum atomic E-state index is -1.23. The molecule has 21 heavy (non-hydrogen) atoms. The standard InChI is InChI=1S/C14H17NO6/c1-7(2)12-9(5-15-6-11(16)17)3-8(13(18)19)4-10(12)14(20)21/h3-4,7,15H,5-6H2,1-2H3,(H,16,17)(H,18,19)(H,20,21). The first-order valence-corrected chi connectivity index (χ1v) is 6.30. The van der Waals surface area contributed by atoms with E-state index < -0.39 is 17.9 Å². The molecule has 0 saturated heterocycles. The van der Waals surface area contributed by atoms with Gasteiger partial charge in [0.1, 0.15) is 0 Å². The second-order valence-corrected chi connectivity index (χ2v) is 4.86. The van der Waals surface area contributed by atoms with Crippen LogP contribution in [0.1, 0.15) is 51.6 Å². The highest BCUT2D eigenvalue weighted by molar-refractivity contribution is 5.95. The predicted molar refractivity (Wildman–Crippen MR) is 73.8 cm³/mol. The number of carboxylic acids is 3. The highest BCUT2D eigenvalue weighted by Gasteiger charge is 2.20. The van der Waals surface area contributed by atoms with Crippen LogP contribution in [0.4, 0.5) is 0 Å². The van der Waals surface area contributed by atoms with E-state index in [0.29, 0.717) is 11.1 Å². The number of benzene rings is 1. The van der Waals surface area contributed by atoms with Gasteiger partial charge in [-0.05, 0) is 29.2 Å². The van der Waals surface area contributed by atoms with Gasteiger partial charge in [-0.25, -0.2) is 9.59 Å². The van der Waals surface area contributed by atoms with Crippen LogP contribution < -0.4 is 5.32 Å². The van der Waals surface area contributed by atoms with E-state index in [4.69, 9.17) is 10.2 Å². The van der Waals surface area contributed by atoms with Crippen LogP contribution in [-0.2, 0) is 11.3 Å². The third-order valence-electron chi connectivity index (χ3n) is 2.91. The topological polar surface area (TPSA) is 124 Å². The zero-order valence-corrected chi connectivity index (χ0v) is 11.7. The quantitative estimate of drug-likeness (QED) is 0.599. The molecule has 4 N–H and O–H groups in total. The number of carbonyl (C=O) groups is 3. The van der Waals surface area contributed by atoms with E-state index in [1.807, 2.05) is 0 Å². The summed E-state index contributed by atoms with van der Waals surface area (Å²) in [6, 6.07) is 2.50. The van der Waals surface area contributed by atoms with Crippen molar-refractivity contribution < 1.29 is 29.7 Å². The predicted octanol–water partition coefficient (Wildman–Crippen LogP) is 1.38. The Hall–Kier alpha value is -2.41. The highest BCUT2D eigenvalue weighted by Crippen LogP contribution is 2.26. The second kappa shape index (κ2) is 6.85. The molecule has 0 spiro atoms. The monoisotopic (exact) mass is 295 g/mol. The van der Waals surface area contributed by atoms with Crippen molar-refractivity contribution in [3.63, 3.8) is 0 Å². The Morgan fingerprint density at radius 2 is 1.71 bits per heavy atom. The van der Waals surface area contributed by atoms with Gasteiger partial charge in [0.2, 0.25) is 0 Å². The maximum Gasteiger partial charge on any atom is 0.336 e. The van der Waals surface area contributed by atoms with Gasteiger partial charge in [0.15, 0.2) is 0 Å². The normalized spacial score (nSPS) is 10.6. The summed E-state index contributed by atoms with van der Waals surface area (Å²) in [7, 11) is 0. The Kier molecular flexibility index (Phi) is 5.43. The molecule has 0 aromatic heterocycles. The summed E-state index contributed by atoms with van der Waals surface area (Å²) in [4.78, 5) is 32.9. The van der Waals surface area contributed by atoms with E-state index in [9.17, 15) is 19.5 Å². The summed E-state index contributed by atoms with van der Waals surface area (Å²) >= 11 is 0. The molecule has 114 valence electrons. The van der Waals surface area contributed by atoms with Gasteiger partial charge < -0.3 is 20.6 Å².